The van der Waals surface area contributed by atoms with Crippen LogP contribution in [0.3, 0.4) is 0 Å². The second-order valence-corrected chi connectivity index (χ2v) is 7.27. The number of hydrogen-bond acceptors (Lipinski definition) is 11. The number of rotatable bonds is 8. The predicted molar refractivity (Wildman–Crippen MR) is 97.1 cm³/mol. The first-order valence-electron chi connectivity index (χ1n) is 6.97. The normalized spacial score (nSPS) is 19.0. The van der Waals surface area contributed by atoms with Crippen molar-refractivity contribution >= 4 is 85.7 Å². The predicted octanol–water partition coefficient (Wildman–Crippen LogP) is -4.13. The van der Waals surface area contributed by atoms with Crippen LogP contribution in [0.5, 0.6) is 0 Å². The number of nitrogens with one attached hydrogen (secondary N) is 1. The molecule has 154 valence electrons. The number of aromatic nitrogens is 1. The van der Waals surface area contributed by atoms with Gasteiger partial charge < -0.3 is 26.7 Å². The molecule has 0 saturated carbocycles. The van der Waals surface area contributed by atoms with Crippen LogP contribution in [0.15, 0.2) is 10.5 Å². The second kappa shape index (κ2) is 9.46. The van der Waals surface area contributed by atoms with Crippen LogP contribution in [0, 0.1) is 0 Å². The third-order valence-corrected chi connectivity index (χ3v) is 4.78. The van der Waals surface area contributed by atoms with E-state index in [0.29, 0.717) is 0 Å². The molecular formula is C11H13N6NaO9S2. The Morgan fingerprint density at radius 3 is 2.48 bits per heavy atom. The van der Waals surface area contributed by atoms with Crippen LogP contribution in [0.1, 0.15) is 5.69 Å². The van der Waals surface area contributed by atoms with Crippen LogP contribution in [0.2, 0.25) is 0 Å². The Bertz CT molecular complexity index is 977. The molecule has 1 aliphatic rings. The minimum absolute atomic E-state index is 0. The molecule has 7 N–H and O–H groups in total. The van der Waals surface area contributed by atoms with E-state index in [1.807, 2.05) is 5.32 Å². The van der Waals surface area contributed by atoms with E-state index >= 15 is 0 Å². The van der Waals surface area contributed by atoms with Gasteiger partial charge in [0.15, 0.2) is 16.9 Å². The summed E-state index contributed by atoms with van der Waals surface area (Å²) in [6.45, 7) is -0.904. The number of primary amides is 1. The van der Waals surface area contributed by atoms with Gasteiger partial charge in [0.25, 0.3) is 11.8 Å². The summed E-state index contributed by atoms with van der Waals surface area (Å²) in [7, 11) is -5.09. The van der Waals surface area contributed by atoms with Crippen LogP contribution in [0.25, 0.3) is 0 Å². The van der Waals surface area contributed by atoms with E-state index < -0.39 is 58.4 Å². The summed E-state index contributed by atoms with van der Waals surface area (Å²) >= 11 is 0.911. The number of oxime groups is 1. The summed E-state index contributed by atoms with van der Waals surface area (Å²) < 4.78 is 31.1. The number of β-lactam (4-membered cyclic amide) rings is 1. The molecule has 29 heavy (non-hydrogen) atoms. The Hall–Kier alpha value is -2.31. The van der Waals surface area contributed by atoms with Crippen LogP contribution in [-0.4, -0.2) is 105 Å². The van der Waals surface area contributed by atoms with Gasteiger partial charge >= 0.3 is 45.8 Å². The number of carboxylic acids is 1. The van der Waals surface area contributed by atoms with Crippen LogP contribution in [0.4, 0.5) is 5.13 Å². The van der Waals surface area contributed by atoms with Crippen molar-refractivity contribution in [2.24, 2.45) is 10.9 Å². The number of nitrogen functional groups attached to an aromatic ring is 1. The van der Waals surface area contributed by atoms with Crippen molar-refractivity contribution in [1.82, 2.24) is 14.6 Å². The first-order chi connectivity index (χ1) is 12.9. The van der Waals surface area contributed by atoms with Crippen molar-refractivity contribution in [3.8, 4) is 0 Å². The number of carboxylic acid groups (broad SMARTS) is 1. The van der Waals surface area contributed by atoms with E-state index in [1.54, 1.807) is 0 Å². The van der Waals surface area contributed by atoms with E-state index in [-0.39, 0.29) is 44.7 Å². The Balaban J connectivity index is 0.00000420. The molecule has 15 nitrogen and oxygen atoms in total. The summed E-state index contributed by atoms with van der Waals surface area (Å²) in [4.78, 5) is 54.5. The zero-order valence-electron chi connectivity index (χ0n) is 13.5. The fourth-order valence-corrected chi connectivity index (χ4v) is 3.50. The molecule has 2 atom stereocenters. The fourth-order valence-electron chi connectivity index (χ4n) is 2.10. The van der Waals surface area contributed by atoms with Crippen molar-refractivity contribution < 1.29 is 42.1 Å². The third kappa shape index (κ3) is 5.61. The van der Waals surface area contributed by atoms with Crippen LogP contribution >= 0.6 is 11.3 Å². The Morgan fingerprint density at radius 2 is 2.03 bits per heavy atom. The minimum atomic E-state index is -5.09. The third-order valence-electron chi connectivity index (χ3n) is 3.20. The molecule has 0 bridgehead atoms. The van der Waals surface area contributed by atoms with E-state index in [0.717, 1.165) is 11.3 Å². The standard InChI is InChI=1S/C11H12N6O9S2.Na.H/c12-8(20)7-6(10(22)17(7)28(23,24)25)15-9(21)5(16-26-1-4(18)19)3-2-27-11(13)14-3;;/h2,6-7H,1H2,(H2,12,20)(H2,13,14)(H,15,21)(H,18,19)(H,23,24,25);;/t6-,7-;;/m0../s1. The first-order valence-corrected chi connectivity index (χ1v) is 9.25. The molecule has 0 aromatic carbocycles. The number of thiazole rings is 1. The molecular weight excluding hydrogens is 447 g/mol. The zero-order valence-corrected chi connectivity index (χ0v) is 15.1. The molecule has 0 radical (unpaired) electrons. The van der Waals surface area contributed by atoms with Gasteiger partial charge in [-0.25, -0.2) is 9.78 Å². The van der Waals surface area contributed by atoms with E-state index in [9.17, 15) is 27.6 Å². The van der Waals surface area contributed by atoms with Crippen LogP contribution < -0.4 is 16.8 Å². The molecule has 1 aliphatic heterocycles. The Morgan fingerprint density at radius 1 is 1.41 bits per heavy atom. The van der Waals surface area contributed by atoms with E-state index in [1.165, 1.54) is 5.38 Å². The molecule has 2 rings (SSSR count). The molecule has 1 aromatic heterocycles. The molecule has 1 fully saturated rings. The summed E-state index contributed by atoms with van der Waals surface area (Å²) in [5.41, 5.74) is 9.72. The summed E-state index contributed by atoms with van der Waals surface area (Å²) in [6, 6.07) is -3.61. The number of amides is 3. The van der Waals surface area contributed by atoms with Gasteiger partial charge in [0.1, 0.15) is 11.7 Å². The fraction of sp³-hybridized carbons (Fsp3) is 0.273. The maximum atomic E-state index is 12.4. The van der Waals surface area contributed by atoms with E-state index in [4.69, 9.17) is 21.1 Å². The molecule has 3 amide bonds. The average Bonchev–Trinajstić information content (AvgIpc) is 2.97. The SMILES string of the molecule is NC(=O)[C@@H]1[C@H](NC(=O)C(=NOCC(=O)O)c2csc(N)n2)C(=O)N1S(=O)(=O)O.[NaH]. The topological polar surface area (TPSA) is 245 Å². The average molecular weight is 460 g/mol. The molecule has 1 saturated heterocycles. The van der Waals surface area contributed by atoms with E-state index in [2.05, 4.69) is 15.0 Å². The van der Waals surface area contributed by atoms with Crippen molar-refractivity contribution in [3.63, 3.8) is 0 Å². The number of anilines is 1. The maximum absolute atomic E-state index is 12.4. The molecule has 0 aliphatic carbocycles. The van der Waals surface area contributed by atoms with Gasteiger partial charge in [-0.15, -0.1) is 11.3 Å². The number of nitrogens with zero attached hydrogens (tertiary/aromatic N) is 3. The Kier molecular flexibility index (Phi) is 8.07. The molecule has 1 aromatic rings. The van der Waals surface area contributed by atoms with Gasteiger partial charge in [-0.3, -0.25) is 18.9 Å². The number of carbonyl (C=O) groups is 4. The quantitative estimate of drug-likeness (QED) is 0.0819. The van der Waals surface area contributed by atoms with Gasteiger partial charge in [0.2, 0.25) is 12.5 Å². The number of hydrogen-bond donors (Lipinski definition) is 5. The van der Waals surface area contributed by atoms with Gasteiger partial charge in [0.05, 0.1) is 0 Å². The second-order valence-electron chi connectivity index (χ2n) is 5.09. The summed E-state index contributed by atoms with van der Waals surface area (Å²) in [5.74, 6) is -5.22. The number of nitrogens with two attached hydrogens (primary N) is 2. The summed E-state index contributed by atoms with van der Waals surface area (Å²) in [5, 5.41) is 15.2. The summed E-state index contributed by atoms with van der Waals surface area (Å²) in [6.07, 6.45) is 0. The number of aliphatic carboxylic acids is 1. The van der Waals surface area contributed by atoms with Gasteiger partial charge in [0, 0.05) is 5.38 Å². The van der Waals surface area contributed by atoms with Gasteiger partial charge in [-0.1, -0.05) is 5.16 Å². The molecule has 18 heteroatoms. The molecule has 0 unspecified atom stereocenters. The molecule has 0 spiro atoms. The van der Waals surface area contributed by atoms with Gasteiger partial charge in [-0.05, 0) is 0 Å². The van der Waals surface area contributed by atoms with Crippen molar-refractivity contribution in [1.29, 1.82) is 0 Å². The molecule has 2 heterocycles. The van der Waals surface area contributed by atoms with Crippen molar-refractivity contribution in [3.05, 3.63) is 11.1 Å². The number of carbonyl (C=O) groups excluding carboxylic acids is 3. The van der Waals surface area contributed by atoms with Gasteiger partial charge in [-0.2, -0.15) is 12.7 Å². The first kappa shape index (κ1) is 24.7. The monoisotopic (exact) mass is 460 g/mol. The Labute approximate surface area is 188 Å². The zero-order chi connectivity index (χ0) is 21.2. The van der Waals surface area contributed by atoms with Crippen molar-refractivity contribution in [2.45, 2.75) is 12.1 Å². The van der Waals surface area contributed by atoms with Crippen molar-refractivity contribution in [2.75, 3.05) is 12.3 Å². The van der Waals surface area contributed by atoms with Crippen LogP contribution in [-0.2, 0) is 34.3 Å².